The van der Waals surface area contributed by atoms with E-state index in [1.807, 2.05) is 6.92 Å². The zero-order chi connectivity index (χ0) is 12.0. The summed E-state index contributed by atoms with van der Waals surface area (Å²) in [4.78, 5) is 0. The highest BCUT2D eigenvalue weighted by Gasteiger charge is 2.07. The van der Waals surface area contributed by atoms with Crippen LogP contribution < -0.4 is 4.74 Å². The van der Waals surface area contributed by atoms with E-state index in [9.17, 15) is 8.78 Å². The summed E-state index contributed by atoms with van der Waals surface area (Å²) in [5.41, 5.74) is 1.97. The number of aryl methyl sites for hydroxylation is 2. The van der Waals surface area contributed by atoms with E-state index in [1.165, 1.54) is 6.07 Å². The van der Waals surface area contributed by atoms with Gasteiger partial charge in [-0.3, -0.25) is 0 Å². The van der Waals surface area contributed by atoms with Crippen molar-refractivity contribution in [2.45, 2.75) is 32.8 Å². The smallest absolute Gasteiger partial charge is 0.387 e. The standard InChI is InChI=1S/C12H13F2NO/c1-2-9-8-11(16-12(13)14)6-5-10(9)4-3-7-15/h5-6,8,12H,2-4H2,1H3. The molecule has 1 aromatic carbocycles. The van der Waals surface area contributed by atoms with Crippen LogP contribution in [0.1, 0.15) is 24.5 Å². The van der Waals surface area contributed by atoms with E-state index in [2.05, 4.69) is 10.8 Å². The van der Waals surface area contributed by atoms with E-state index >= 15 is 0 Å². The topological polar surface area (TPSA) is 33.0 Å². The summed E-state index contributed by atoms with van der Waals surface area (Å²) in [6.45, 7) is -0.855. The van der Waals surface area contributed by atoms with Crippen molar-refractivity contribution in [3.8, 4) is 11.8 Å². The third-order valence-electron chi connectivity index (χ3n) is 2.29. The molecule has 0 heterocycles. The van der Waals surface area contributed by atoms with Crippen LogP contribution in [-0.2, 0) is 12.8 Å². The molecule has 0 bridgehead atoms. The molecule has 0 atom stereocenters. The lowest BCUT2D eigenvalue weighted by Crippen LogP contribution is -2.03. The molecule has 0 radical (unpaired) electrons. The zero-order valence-corrected chi connectivity index (χ0v) is 9.04. The number of nitriles is 1. The number of alkyl halides is 2. The van der Waals surface area contributed by atoms with Crippen LogP contribution in [0.2, 0.25) is 0 Å². The van der Waals surface area contributed by atoms with Crippen molar-refractivity contribution < 1.29 is 13.5 Å². The fourth-order valence-corrected chi connectivity index (χ4v) is 1.54. The van der Waals surface area contributed by atoms with E-state index in [4.69, 9.17) is 5.26 Å². The average Bonchev–Trinajstić information content (AvgIpc) is 2.26. The van der Waals surface area contributed by atoms with Crippen LogP contribution in [0.5, 0.6) is 5.75 Å². The fraction of sp³-hybridized carbons (Fsp3) is 0.417. The minimum atomic E-state index is -2.80. The van der Waals surface area contributed by atoms with Gasteiger partial charge in [-0.15, -0.1) is 0 Å². The van der Waals surface area contributed by atoms with E-state index < -0.39 is 6.61 Å². The lowest BCUT2D eigenvalue weighted by atomic mass is 10.0. The second kappa shape index (κ2) is 6.06. The quantitative estimate of drug-likeness (QED) is 0.770. The van der Waals surface area contributed by atoms with Gasteiger partial charge in [-0.1, -0.05) is 13.0 Å². The van der Waals surface area contributed by atoms with E-state index in [1.54, 1.807) is 12.1 Å². The van der Waals surface area contributed by atoms with Crippen LogP contribution >= 0.6 is 0 Å². The number of benzene rings is 1. The maximum absolute atomic E-state index is 12.0. The summed E-state index contributed by atoms with van der Waals surface area (Å²) < 4.78 is 28.3. The van der Waals surface area contributed by atoms with Crippen molar-refractivity contribution in [1.82, 2.24) is 0 Å². The Kier molecular flexibility index (Phi) is 4.71. The molecule has 4 heteroatoms. The maximum atomic E-state index is 12.0. The largest absolute Gasteiger partial charge is 0.435 e. The van der Waals surface area contributed by atoms with Crippen LogP contribution in [0, 0.1) is 11.3 Å². The molecule has 0 saturated heterocycles. The number of ether oxygens (including phenoxy) is 1. The molecule has 2 nitrogen and oxygen atoms in total. The molecule has 1 rings (SSSR count). The van der Waals surface area contributed by atoms with Crippen molar-refractivity contribution in [1.29, 1.82) is 5.26 Å². The molecular weight excluding hydrogens is 212 g/mol. The van der Waals surface area contributed by atoms with E-state index in [0.717, 1.165) is 17.5 Å². The summed E-state index contributed by atoms with van der Waals surface area (Å²) in [5, 5.41) is 8.49. The second-order valence-corrected chi connectivity index (χ2v) is 3.32. The SMILES string of the molecule is CCc1cc(OC(F)F)ccc1CCC#N. The normalized spacial score (nSPS) is 10.2. The third-order valence-corrected chi connectivity index (χ3v) is 2.29. The molecule has 0 N–H and O–H groups in total. The maximum Gasteiger partial charge on any atom is 0.387 e. The molecule has 0 aliphatic heterocycles. The summed E-state index contributed by atoms with van der Waals surface area (Å²) in [6.07, 6.45) is 1.82. The Balaban J connectivity index is 2.84. The van der Waals surface area contributed by atoms with Gasteiger partial charge in [-0.2, -0.15) is 14.0 Å². The first-order valence-electron chi connectivity index (χ1n) is 5.11. The predicted molar refractivity (Wildman–Crippen MR) is 56.4 cm³/mol. The Labute approximate surface area is 93.5 Å². The summed E-state index contributed by atoms with van der Waals surface area (Å²) in [7, 11) is 0. The molecule has 0 spiro atoms. The fourth-order valence-electron chi connectivity index (χ4n) is 1.54. The molecule has 0 aromatic heterocycles. The Hall–Kier alpha value is -1.63. The predicted octanol–water partition coefficient (Wildman–Crippen LogP) is 3.31. The molecule has 0 aliphatic carbocycles. The highest BCUT2D eigenvalue weighted by molar-refractivity contribution is 5.36. The van der Waals surface area contributed by atoms with Gasteiger partial charge >= 0.3 is 6.61 Å². The Bertz CT molecular complexity index is 385. The van der Waals surface area contributed by atoms with Gasteiger partial charge in [0.25, 0.3) is 0 Å². The van der Waals surface area contributed by atoms with E-state index in [-0.39, 0.29) is 5.75 Å². The van der Waals surface area contributed by atoms with Gasteiger partial charge in [0.15, 0.2) is 0 Å². The first kappa shape index (κ1) is 12.4. The molecular formula is C12H13F2NO. The van der Waals surface area contributed by atoms with Crippen molar-refractivity contribution in [2.75, 3.05) is 0 Å². The van der Waals surface area contributed by atoms with Crippen molar-refractivity contribution in [3.05, 3.63) is 29.3 Å². The molecule has 0 unspecified atom stereocenters. The Morgan fingerprint density at radius 2 is 2.12 bits per heavy atom. The lowest BCUT2D eigenvalue weighted by Gasteiger charge is -2.10. The van der Waals surface area contributed by atoms with Crippen molar-refractivity contribution in [3.63, 3.8) is 0 Å². The number of halogens is 2. The van der Waals surface area contributed by atoms with E-state index in [0.29, 0.717) is 12.8 Å². The molecule has 0 amide bonds. The van der Waals surface area contributed by atoms with Gasteiger partial charge < -0.3 is 4.74 Å². The average molecular weight is 225 g/mol. The van der Waals surface area contributed by atoms with Gasteiger partial charge in [0, 0.05) is 6.42 Å². The Morgan fingerprint density at radius 3 is 2.69 bits per heavy atom. The molecule has 0 aliphatic rings. The molecule has 0 saturated carbocycles. The second-order valence-electron chi connectivity index (χ2n) is 3.32. The molecule has 1 aromatic rings. The number of hydrogen-bond donors (Lipinski definition) is 0. The van der Waals surface area contributed by atoms with Crippen LogP contribution in [0.4, 0.5) is 8.78 Å². The monoisotopic (exact) mass is 225 g/mol. The molecule has 16 heavy (non-hydrogen) atoms. The highest BCUT2D eigenvalue weighted by Crippen LogP contribution is 2.21. The zero-order valence-electron chi connectivity index (χ0n) is 9.04. The summed E-state index contributed by atoms with van der Waals surface area (Å²) in [5.74, 6) is 0.174. The number of hydrogen-bond acceptors (Lipinski definition) is 2. The van der Waals surface area contributed by atoms with Crippen LogP contribution in [0.15, 0.2) is 18.2 Å². The van der Waals surface area contributed by atoms with Crippen molar-refractivity contribution in [2.24, 2.45) is 0 Å². The first-order chi connectivity index (χ1) is 7.67. The minimum Gasteiger partial charge on any atom is -0.435 e. The first-order valence-corrected chi connectivity index (χ1v) is 5.11. The van der Waals surface area contributed by atoms with Gasteiger partial charge in [-0.25, -0.2) is 0 Å². The molecule has 86 valence electrons. The summed E-state index contributed by atoms with van der Waals surface area (Å²) in [6, 6.07) is 6.93. The third kappa shape index (κ3) is 3.50. The molecule has 0 fully saturated rings. The van der Waals surface area contributed by atoms with Crippen LogP contribution in [0.3, 0.4) is 0 Å². The minimum absolute atomic E-state index is 0.174. The highest BCUT2D eigenvalue weighted by atomic mass is 19.3. The van der Waals surface area contributed by atoms with Gasteiger partial charge in [0.2, 0.25) is 0 Å². The lowest BCUT2D eigenvalue weighted by molar-refractivity contribution is -0.0498. The van der Waals surface area contributed by atoms with Crippen molar-refractivity contribution >= 4 is 0 Å². The van der Waals surface area contributed by atoms with Gasteiger partial charge in [0.05, 0.1) is 6.07 Å². The number of nitrogens with zero attached hydrogens (tertiary/aromatic N) is 1. The van der Waals surface area contributed by atoms with Crippen LogP contribution in [0.25, 0.3) is 0 Å². The Morgan fingerprint density at radius 1 is 1.38 bits per heavy atom. The summed E-state index contributed by atoms with van der Waals surface area (Å²) >= 11 is 0. The van der Waals surface area contributed by atoms with Gasteiger partial charge in [-0.05, 0) is 36.1 Å². The number of rotatable bonds is 5. The van der Waals surface area contributed by atoms with Gasteiger partial charge in [0.1, 0.15) is 5.75 Å². The van der Waals surface area contributed by atoms with Crippen LogP contribution in [-0.4, -0.2) is 6.61 Å².